The van der Waals surface area contributed by atoms with E-state index < -0.39 is 0 Å². The van der Waals surface area contributed by atoms with Gasteiger partial charge in [0.15, 0.2) is 5.96 Å². The molecule has 2 unspecified atom stereocenters. The van der Waals surface area contributed by atoms with Crippen molar-refractivity contribution in [2.45, 2.75) is 39.7 Å². The summed E-state index contributed by atoms with van der Waals surface area (Å²) in [5.41, 5.74) is 0. The second-order valence-corrected chi connectivity index (χ2v) is 7.11. The Balaban J connectivity index is 0.00000312. The van der Waals surface area contributed by atoms with Crippen molar-refractivity contribution in [1.29, 1.82) is 0 Å². The number of aromatic nitrogens is 2. The van der Waals surface area contributed by atoms with Gasteiger partial charge in [-0.1, -0.05) is 13.8 Å². The average molecular weight is 462 g/mol. The SMILES string of the molecule is CN=C(NCCCN1CC(C)CC(C)C1)NCCCn1cccn1.I. The van der Waals surface area contributed by atoms with Gasteiger partial charge >= 0.3 is 0 Å². The van der Waals surface area contributed by atoms with Gasteiger partial charge in [-0.25, -0.2) is 0 Å². The number of piperidine rings is 1. The maximum absolute atomic E-state index is 4.29. The van der Waals surface area contributed by atoms with E-state index in [0.717, 1.165) is 50.3 Å². The first kappa shape index (κ1) is 22.2. The summed E-state index contributed by atoms with van der Waals surface area (Å²) in [7, 11) is 1.83. The van der Waals surface area contributed by atoms with Gasteiger partial charge in [-0.15, -0.1) is 24.0 Å². The molecule has 1 fully saturated rings. The molecule has 0 spiro atoms. The lowest BCUT2D eigenvalue weighted by atomic mass is 9.92. The monoisotopic (exact) mass is 462 g/mol. The van der Waals surface area contributed by atoms with E-state index in [-0.39, 0.29) is 24.0 Å². The molecule has 2 N–H and O–H groups in total. The van der Waals surface area contributed by atoms with E-state index in [1.54, 1.807) is 0 Å². The predicted octanol–water partition coefficient (Wildman–Crippen LogP) is 2.42. The van der Waals surface area contributed by atoms with Crippen molar-refractivity contribution >= 4 is 29.9 Å². The van der Waals surface area contributed by atoms with Crippen LogP contribution in [0.5, 0.6) is 0 Å². The topological polar surface area (TPSA) is 57.5 Å². The molecule has 0 bridgehead atoms. The highest BCUT2D eigenvalue weighted by Crippen LogP contribution is 2.20. The van der Waals surface area contributed by atoms with Crippen LogP contribution in [0.4, 0.5) is 0 Å². The highest BCUT2D eigenvalue weighted by molar-refractivity contribution is 14.0. The Morgan fingerprint density at radius 1 is 1.12 bits per heavy atom. The number of rotatable bonds is 8. The lowest BCUT2D eigenvalue weighted by Gasteiger charge is -2.35. The van der Waals surface area contributed by atoms with Gasteiger partial charge < -0.3 is 15.5 Å². The van der Waals surface area contributed by atoms with Gasteiger partial charge in [0.25, 0.3) is 0 Å². The lowest BCUT2D eigenvalue weighted by Crippen LogP contribution is -2.42. The third-order valence-electron chi connectivity index (χ3n) is 4.53. The molecule has 1 aromatic heterocycles. The molecule has 0 radical (unpaired) electrons. The van der Waals surface area contributed by atoms with Crippen LogP contribution < -0.4 is 10.6 Å². The van der Waals surface area contributed by atoms with Crippen molar-refractivity contribution in [1.82, 2.24) is 25.3 Å². The quantitative estimate of drug-likeness (QED) is 0.270. The van der Waals surface area contributed by atoms with Gasteiger partial charge in [0.1, 0.15) is 0 Å². The fraction of sp³-hybridized carbons (Fsp3) is 0.778. The summed E-state index contributed by atoms with van der Waals surface area (Å²) < 4.78 is 1.96. The van der Waals surface area contributed by atoms with Gasteiger partial charge in [0, 0.05) is 52.2 Å². The molecular weight excluding hydrogens is 427 g/mol. The number of likely N-dealkylation sites (tertiary alicyclic amines) is 1. The van der Waals surface area contributed by atoms with Gasteiger partial charge in [0.2, 0.25) is 0 Å². The van der Waals surface area contributed by atoms with Crippen LogP contribution >= 0.6 is 24.0 Å². The van der Waals surface area contributed by atoms with E-state index in [2.05, 4.69) is 39.5 Å². The molecule has 6 nitrogen and oxygen atoms in total. The zero-order chi connectivity index (χ0) is 17.2. The maximum Gasteiger partial charge on any atom is 0.190 e. The summed E-state index contributed by atoms with van der Waals surface area (Å²) in [4.78, 5) is 6.90. The van der Waals surface area contributed by atoms with Gasteiger partial charge in [-0.3, -0.25) is 9.67 Å². The summed E-state index contributed by atoms with van der Waals surface area (Å²) in [6.45, 7) is 11.2. The van der Waals surface area contributed by atoms with Gasteiger partial charge in [-0.2, -0.15) is 5.10 Å². The first-order valence-corrected chi connectivity index (χ1v) is 9.31. The molecule has 2 atom stereocenters. The molecule has 7 heteroatoms. The Bertz CT molecular complexity index is 466. The number of aryl methyl sites for hydroxylation is 1. The second-order valence-electron chi connectivity index (χ2n) is 7.11. The first-order valence-electron chi connectivity index (χ1n) is 9.31. The van der Waals surface area contributed by atoms with Crippen molar-refractivity contribution in [3.63, 3.8) is 0 Å². The maximum atomic E-state index is 4.29. The molecule has 1 saturated heterocycles. The smallest absolute Gasteiger partial charge is 0.190 e. The Kier molecular flexibility index (Phi) is 11.1. The van der Waals surface area contributed by atoms with E-state index in [4.69, 9.17) is 0 Å². The van der Waals surface area contributed by atoms with Gasteiger partial charge in [0.05, 0.1) is 0 Å². The molecule has 1 aliphatic heterocycles. The molecule has 1 aromatic rings. The van der Waals surface area contributed by atoms with Crippen molar-refractivity contribution in [2.75, 3.05) is 39.8 Å². The highest BCUT2D eigenvalue weighted by Gasteiger charge is 2.20. The van der Waals surface area contributed by atoms with Crippen molar-refractivity contribution in [3.8, 4) is 0 Å². The third kappa shape index (κ3) is 8.89. The van der Waals surface area contributed by atoms with Crippen LogP contribution in [0.1, 0.15) is 33.1 Å². The lowest BCUT2D eigenvalue weighted by molar-refractivity contribution is 0.140. The van der Waals surface area contributed by atoms with Crippen LogP contribution in [-0.2, 0) is 6.54 Å². The van der Waals surface area contributed by atoms with Crippen LogP contribution in [0.25, 0.3) is 0 Å². The summed E-state index contributed by atoms with van der Waals surface area (Å²) in [6.07, 6.45) is 7.39. The Labute approximate surface area is 169 Å². The number of nitrogens with zero attached hydrogens (tertiary/aromatic N) is 4. The molecule has 0 saturated carbocycles. The van der Waals surface area contributed by atoms with Crippen molar-refractivity contribution in [3.05, 3.63) is 18.5 Å². The van der Waals surface area contributed by atoms with E-state index >= 15 is 0 Å². The molecule has 1 aliphatic rings. The summed E-state index contributed by atoms with van der Waals surface area (Å²) in [5.74, 6) is 2.58. The Morgan fingerprint density at radius 3 is 2.32 bits per heavy atom. The summed E-state index contributed by atoms with van der Waals surface area (Å²) in [5, 5.41) is 11.0. The van der Waals surface area contributed by atoms with Gasteiger partial charge in [-0.05, 0) is 43.7 Å². The summed E-state index contributed by atoms with van der Waals surface area (Å²) in [6, 6.07) is 1.96. The minimum absolute atomic E-state index is 0. The molecule has 144 valence electrons. The molecule has 2 rings (SSSR count). The fourth-order valence-electron chi connectivity index (χ4n) is 3.59. The first-order chi connectivity index (χ1) is 11.7. The number of guanidine groups is 1. The Hall–Kier alpha value is -0.830. The molecule has 0 amide bonds. The number of aliphatic imine (C=N–C) groups is 1. The van der Waals surface area contributed by atoms with E-state index in [0.29, 0.717) is 0 Å². The van der Waals surface area contributed by atoms with E-state index in [1.807, 2.05) is 30.2 Å². The molecule has 25 heavy (non-hydrogen) atoms. The summed E-state index contributed by atoms with van der Waals surface area (Å²) >= 11 is 0. The second kappa shape index (κ2) is 12.5. The van der Waals surface area contributed by atoms with Crippen LogP contribution in [-0.4, -0.2) is 60.4 Å². The molecule has 2 heterocycles. The molecular formula is C18H35IN6. The molecule has 0 aliphatic carbocycles. The Morgan fingerprint density at radius 2 is 1.76 bits per heavy atom. The largest absolute Gasteiger partial charge is 0.356 e. The zero-order valence-electron chi connectivity index (χ0n) is 15.9. The number of nitrogens with one attached hydrogen (secondary N) is 2. The minimum Gasteiger partial charge on any atom is -0.356 e. The predicted molar refractivity (Wildman–Crippen MR) is 116 cm³/mol. The average Bonchev–Trinajstić information content (AvgIpc) is 3.06. The highest BCUT2D eigenvalue weighted by atomic mass is 127. The van der Waals surface area contributed by atoms with Crippen LogP contribution in [0.15, 0.2) is 23.5 Å². The third-order valence-corrected chi connectivity index (χ3v) is 4.53. The van der Waals surface area contributed by atoms with Crippen LogP contribution in [0, 0.1) is 11.8 Å². The normalized spacial score (nSPS) is 21.6. The number of hydrogen-bond acceptors (Lipinski definition) is 3. The van der Waals surface area contributed by atoms with Crippen molar-refractivity contribution < 1.29 is 0 Å². The van der Waals surface area contributed by atoms with Crippen LogP contribution in [0.2, 0.25) is 0 Å². The minimum atomic E-state index is 0. The van der Waals surface area contributed by atoms with Crippen molar-refractivity contribution in [2.24, 2.45) is 16.8 Å². The molecule has 0 aromatic carbocycles. The van der Waals surface area contributed by atoms with E-state index in [9.17, 15) is 0 Å². The van der Waals surface area contributed by atoms with E-state index in [1.165, 1.54) is 26.1 Å². The number of halogens is 1. The standard InChI is InChI=1S/C18H34N6.HI/c1-16-13-17(2)15-23(14-16)10-4-7-20-18(19-3)21-8-5-11-24-12-6-9-22-24;/h6,9,12,16-17H,4-5,7-8,10-11,13-15H2,1-3H3,(H2,19,20,21);1H. The van der Waals surface area contributed by atoms with Crippen LogP contribution in [0.3, 0.4) is 0 Å². The zero-order valence-corrected chi connectivity index (χ0v) is 18.3. The number of hydrogen-bond donors (Lipinski definition) is 2. The fourth-order valence-corrected chi connectivity index (χ4v) is 3.59.